The van der Waals surface area contributed by atoms with Gasteiger partial charge in [0.05, 0.1) is 4.90 Å². The Morgan fingerprint density at radius 3 is 2.79 bits per heavy atom. The number of carboxylic acid groups (broad SMARTS) is 1. The lowest BCUT2D eigenvalue weighted by Gasteiger charge is -2.22. The number of carbonyl (C=O) groups is 1. The zero-order chi connectivity index (χ0) is 14.2. The van der Waals surface area contributed by atoms with E-state index in [4.69, 9.17) is 16.7 Å². The summed E-state index contributed by atoms with van der Waals surface area (Å²) in [6.07, 6.45) is 0.893. The molecule has 0 amide bonds. The third-order valence-electron chi connectivity index (χ3n) is 3.29. The molecule has 1 fully saturated rings. The van der Waals surface area contributed by atoms with Crippen molar-refractivity contribution in [3.63, 3.8) is 0 Å². The molecule has 0 bridgehead atoms. The molecule has 1 heterocycles. The molecule has 1 saturated heterocycles. The maximum absolute atomic E-state index is 12.5. The first-order valence-electron chi connectivity index (χ1n) is 5.85. The summed E-state index contributed by atoms with van der Waals surface area (Å²) in [4.78, 5) is 11.2. The van der Waals surface area contributed by atoms with Crippen LogP contribution in [0.25, 0.3) is 0 Å². The van der Waals surface area contributed by atoms with E-state index in [2.05, 4.69) is 0 Å². The topological polar surface area (TPSA) is 74.7 Å². The van der Waals surface area contributed by atoms with Crippen molar-refractivity contribution in [2.75, 3.05) is 6.54 Å². The van der Waals surface area contributed by atoms with Crippen molar-refractivity contribution >= 4 is 27.6 Å². The molecule has 1 aromatic carbocycles. The summed E-state index contributed by atoms with van der Waals surface area (Å²) in [5, 5.41) is 9.44. The lowest BCUT2D eigenvalue weighted by Crippen LogP contribution is -2.40. The molecule has 0 saturated carbocycles. The van der Waals surface area contributed by atoms with E-state index in [1.165, 1.54) is 6.07 Å². The van der Waals surface area contributed by atoms with Crippen LogP contribution in [0.3, 0.4) is 0 Å². The first-order valence-corrected chi connectivity index (χ1v) is 7.67. The Labute approximate surface area is 116 Å². The van der Waals surface area contributed by atoms with Crippen molar-refractivity contribution in [3.8, 4) is 0 Å². The summed E-state index contributed by atoms with van der Waals surface area (Å²) in [5.41, 5.74) is 0.445. The maximum atomic E-state index is 12.5. The predicted molar refractivity (Wildman–Crippen MR) is 70.7 cm³/mol. The fourth-order valence-corrected chi connectivity index (χ4v) is 4.40. The van der Waals surface area contributed by atoms with Gasteiger partial charge in [0.25, 0.3) is 0 Å². The molecule has 1 aliphatic heterocycles. The molecule has 1 N–H and O–H groups in total. The average Bonchev–Trinajstić information content (AvgIpc) is 2.82. The van der Waals surface area contributed by atoms with E-state index in [0.717, 1.165) is 4.31 Å². The van der Waals surface area contributed by atoms with E-state index in [9.17, 15) is 13.2 Å². The Hall–Kier alpha value is -1.11. The van der Waals surface area contributed by atoms with Gasteiger partial charge in [-0.05, 0) is 37.5 Å². The second kappa shape index (κ2) is 5.11. The van der Waals surface area contributed by atoms with Gasteiger partial charge >= 0.3 is 5.97 Å². The summed E-state index contributed by atoms with van der Waals surface area (Å²) in [7, 11) is -3.82. The van der Waals surface area contributed by atoms with Crippen molar-refractivity contribution < 1.29 is 18.3 Å². The molecule has 0 aromatic heterocycles. The van der Waals surface area contributed by atoms with Gasteiger partial charge in [-0.1, -0.05) is 17.7 Å². The van der Waals surface area contributed by atoms with Gasteiger partial charge in [0.1, 0.15) is 6.04 Å². The summed E-state index contributed by atoms with van der Waals surface area (Å²) in [6.45, 7) is 1.84. The fraction of sp³-hybridized carbons (Fsp3) is 0.417. The minimum absolute atomic E-state index is 0.0770. The summed E-state index contributed by atoms with van der Waals surface area (Å²) in [5.74, 6) is -1.11. The Bertz CT molecular complexity index is 614. The van der Waals surface area contributed by atoms with Crippen LogP contribution in [0.2, 0.25) is 5.02 Å². The van der Waals surface area contributed by atoms with Gasteiger partial charge in [-0.2, -0.15) is 4.31 Å². The number of benzene rings is 1. The number of halogens is 1. The zero-order valence-electron chi connectivity index (χ0n) is 10.3. The molecular formula is C12H14ClNO4S. The number of sulfonamides is 1. The van der Waals surface area contributed by atoms with E-state index in [-0.39, 0.29) is 11.4 Å². The smallest absolute Gasteiger partial charge is 0.322 e. The monoisotopic (exact) mass is 303 g/mol. The molecule has 1 aliphatic rings. The van der Waals surface area contributed by atoms with Crippen LogP contribution >= 0.6 is 11.6 Å². The molecule has 2 rings (SSSR count). The molecule has 19 heavy (non-hydrogen) atoms. The van der Waals surface area contributed by atoms with Crippen LogP contribution in [0.4, 0.5) is 0 Å². The molecule has 0 radical (unpaired) electrons. The minimum atomic E-state index is -3.82. The van der Waals surface area contributed by atoms with E-state index in [0.29, 0.717) is 23.4 Å². The third kappa shape index (κ3) is 2.48. The fourth-order valence-electron chi connectivity index (χ4n) is 2.27. The second-order valence-corrected chi connectivity index (χ2v) is 6.74. The first-order chi connectivity index (χ1) is 8.85. The Kier molecular flexibility index (Phi) is 3.85. The highest BCUT2D eigenvalue weighted by Crippen LogP contribution is 2.30. The number of hydrogen-bond acceptors (Lipinski definition) is 3. The van der Waals surface area contributed by atoms with Crippen LogP contribution in [0.5, 0.6) is 0 Å². The molecule has 7 heteroatoms. The van der Waals surface area contributed by atoms with E-state index in [1.54, 1.807) is 19.1 Å². The third-order valence-corrected chi connectivity index (χ3v) is 5.76. The highest BCUT2D eigenvalue weighted by molar-refractivity contribution is 7.89. The standard InChI is InChI=1S/C12H14ClNO4S/c1-8-9(13)4-2-6-11(8)19(17,18)14-7-3-5-10(14)12(15)16/h2,4,6,10H,3,5,7H2,1H3,(H,15,16)/t10-/m1/s1. The van der Waals surface area contributed by atoms with Crippen molar-refractivity contribution in [1.29, 1.82) is 0 Å². The van der Waals surface area contributed by atoms with Crippen LogP contribution in [0, 0.1) is 6.92 Å². The van der Waals surface area contributed by atoms with Crippen LogP contribution < -0.4 is 0 Å². The van der Waals surface area contributed by atoms with Crippen molar-refractivity contribution in [1.82, 2.24) is 4.31 Å². The van der Waals surface area contributed by atoms with E-state index < -0.39 is 22.0 Å². The molecule has 1 atom stereocenters. The van der Waals surface area contributed by atoms with Crippen LogP contribution in [0.1, 0.15) is 18.4 Å². The SMILES string of the molecule is Cc1c(Cl)cccc1S(=O)(=O)N1CCC[C@@H]1C(=O)O. The van der Waals surface area contributed by atoms with Gasteiger partial charge in [-0.3, -0.25) is 4.79 Å². The Morgan fingerprint density at radius 1 is 1.47 bits per heavy atom. The largest absolute Gasteiger partial charge is 0.480 e. The minimum Gasteiger partial charge on any atom is -0.480 e. The average molecular weight is 304 g/mol. The van der Waals surface area contributed by atoms with Crippen molar-refractivity contribution in [2.45, 2.75) is 30.7 Å². The number of aliphatic carboxylic acids is 1. The highest BCUT2D eigenvalue weighted by atomic mass is 35.5. The van der Waals surface area contributed by atoms with Gasteiger partial charge in [-0.15, -0.1) is 0 Å². The van der Waals surface area contributed by atoms with Gasteiger partial charge < -0.3 is 5.11 Å². The lowest BCUT2D eigenvalue weighted by atomic mass is 10.2. The molecule has 1 aromatic rings. The zero-order valence-corrected chi connectivity index (χ0v) is 11.9. The van der Waals surface area contributed by atoms with Crippen molar-refractivity contribution in [3.05, 3.63) is 28.8 Å². The number of hydrogen-bond donors (Lipinski definition) is 1. The molecule has 0 unspecified atom stereocenters. The number of carboxylic acids is 1. The quantitative estimate of drug-likeness (QED) is 0.925. The Balaban J connectivity index is 2.48. The molecule has 104 valence electrons. The molecular weight excluding hydrogens is 290 g/mol. The first kappa shape index (κ1) is 14.3. The van der Waals surface area contributed by atoms with E-state index >= 15 is 0 Å². The summed E-state index contributed by atoms with van der Waals surface area (Å²) in [6, 6.07) is 3.62. The molecule has 0 spiro atoms. The predicted octanol–water partition coefficient (Wildman–Crippen LogP) is 1.89. The van der Waals surface area contributed by atoms with Gasteiger partial charge in [0, 0.05) is 11.6 Å². The normalized spacial score (nSPS) is 20.6. The van der Waals surface area contributed by atoms with Gasteiger partial charge in [0.15, 0.2) is 0 Å². The van der Waals surface area contributed by atoms with E-state index in [1.807, 2.05) is 0 Å². The molecule has 5 nitrogen and oxygen atoms in total. The highest BCUT2D eigenvalue weighted by Gasteiger charge is 2.40. The molecule has 0 aliphatic carbocycles. The summed E-state index contributed by atoms with van der Waals surface area (Å²) < 4.78 is 26.1. The van der Waals surface area contributed by atoms with Crippen LogP contribution in [-0.4, -0.2) is 36.4 Å². The van der Waals surface area contributed by atoms with Crippen LogP contribution in [-0.2, 0) is 14.8 Å². The van der Waals surface area contributed by atoms with Crippen molar-refractivity contribution in [2.24, 2.45) is 0 Å². The van der Waals surface area contributed by atoms with Gasteiger partial charge in [0.2, 0.25) is 10.0 Å². The maximum Gasteiger partial charge on any atom is 0.322 e. The van der Waals surface area contributed by atoms with Crippen LogP contribution in [0.15, 0.2) is 23.1 Å². The second-order valence-electron chi connectivity index (χ2n) is 4.47. The summed E-state index contributed by atoms with van der Waals surface area (Å²) >= 11 is 5.93. The lowest BCUT2D eigenvalue weighted by molar-refractivity contribution is -0.140. The number of nitrogens with zero attached hydrogens (tertiary/aromatic N) is 1. The van der Waals surface area contributed by atoms with Gasteiger partial charge in [-0.25, -0.2) is 8.42 Å². The Morgan fingerprint density at radius 2 is 2.16 bits per heavy atom. The number of rotatable bonds is 3.